The molecular formula is C22H35N5O2. The second kappa shape index (κ2) is 9.57. The van der Waals surface area contributed by atoms with Gasteiger partial charge in [-0.3, -0.25) is 14.7 Å². The van der Waals surface area contributed by atoms with Crippen LogP contribution in [0.3, 0.4) is 0 Å². The van der Waals surface area contributed by atoms with Gasteiger partial charge in [-0.05, 0) is 51.7 Å². The standard InChI is InChI=1S/C22H35N5O2/c1-22(2,3)25-21(29)27-14-12-26(13-15-27)19(17-8-4-5-9-17)20(28)24-16-18-10-6-7-11-23-18/h6-7,10-11,17,19H,4-5,8-9,12-16H2,1-3H3,(H,24,28)(H,25,29)/t19-/m0/s1. The third kappa shape index (κ3) is 6.16. The number of nitrogens with one attached hydrogen (secondary N) is 2. The molecule has 1 atom stereocenters. The highest BCUT2D eigenvalue weighted by Crippen LogP contribution is 2.31. The zero-order chi connectivity index (χ0) is 20.9. The Morgan fingerprint density at radius 2 is 1.83 bits per heavy atom. The number of nitrogens with zero attached hydrogens (tertiary/aromatic N) is 3. The highest BCUT2D eigenvalue weighted by Gasteiger charge is 2.37. The van der Waals surface area contributed by atoms with Crippen LogP contribution in [0.1, 0.15) is 52.1 Å². The van der Waals surface area contributed by atoms with E-state index in [1.165, 1.54) is 12.8 Å². The summed E-state index contributed by atoms with van der Waals surface area (Å²) in [6.07, 6.45) is 6.35. The second-order valence-electron chi connectivity index (χ2n) is 9.23. The smallest absolute Gasteiger partial charge is 0.317 e. The van der Waals surface area contributed by atoms with E-state index in [0.29, 0.717) is 25.6 Å². The third-order valence-corrected chi connectivity index (χ3v) is 5.76. The van der Waals surface area contributed by atoms with Crippen LogP contribution in [0, 0.1) is 5.92 Å². The predicted octanol–water partition coefficient (Wildman–Crippen LogP) is 2.38. The summed E-state index contributed by atoms with van der Waals surface area (Å²) < 4.78 is 0. The van der Waals surface area contributed by atoms with Gasteiger partial charge in [0.2, 0.25) is 5.91 Å². The number of piperazine rings is 1. The second-order valence-corrected chi connectivity index (χ2v) is 9.23. The fourth-order valence-corrected chi connectivity index (χ4v) is 4.34. The van der Waals surface area contributed by atoms with E-state index in [9.17, 15) is 9.59 Å². The molecule has 160 valence electrons. The molecule has 1 aromatic rings. The van der Waals surface area contributed by atoms with Gasteiger partial charge in [-0.15, -0.1) is 0 Å². The molecule has 1 saturated carbocycles. The van der Waals surface area contributed by atoms with E-state index in [4.69, 9.17) is 0 Å². The maximum atomic E-state index is 13.1. The van der Waals surface area contributed by atoms with Gasteiger partial charge in [0, 0.05) is 37.9 Å². The average Bonchev–Trinajstić information content (AvgIpc) is 3.21. The van der Waals surface area contributed by atoms with Crippen LogP contribution in [0.25, 0.3) is 0 Å². The van der Waals surface area contributed by atoms with Crippen molar-refractivity contribution in [1.82, 2.24) is 25.4 Å². The summed E-state index contributed by atoms with van der Waals surface area (Å²) in [6, 6.07) is 5.60. The van der Waals surface area contributed by atoms with Gasteiger partial charge in [0.25, 0.3) is 0 Å². The zero-order valence-electron chi connectivity index (χ0n) is 18.0. The molecule has 0 spiro atoms. The lowest BCUT2D eigenvalue weighted by atomic mass is 9.95. The van der Waals surface area contributed by atoms with Crippen molar-refractivity contribution in [2.24, 2.45) is 5.92 Å². The summed E-state index contributed by atoms with van der Waals surface area (Å²) in [4.78, 5) is 34.0. The molecule has 2 N–H and O–H groups in total. The number of amides is 3. The number of carbonyl (C=O) groups is 2. The zero-order valence-corrected chi connectivity index (χ0v) is 18.0. The van der Waals surface area contributed by atoms with Crippen LogP contribution in [0.15, 0.2) is 24.4 Å². The highest BCUT2D eigenvalue weighted by molar-refractivity contribution is 5.82. The number of urea groups is 1. The quantitative estimate of drug-likeness (QED) is 0.794. The first kappa shape index (κ1) is 21.6. The van der Waals surface area contributed by atoms with Crippen molar-refractivity contribution in [1.29, 1.82) is 0 Å². The fraction of sp³-hybridized carbons (Fsp3) is 0.682. The Bertz CT molecular complexity index is 674. The lowest BCUT2D eigenvalue weighted by molar-refractivity contribution is -0.129. The van der Waals surface area contributed by atoms with Crippen LogP contribution in [-0.4, -0.2) is 64.5 Å². The van der Waals surface area contributed by atoms with Crippen LogP contribution < -0.4 is 10.6 Å². The summed E-state index contributed by atoms with van der Waals surface area (Å²) in [6.45, 7) is 9.19. The van der Waals surface area contributed by atoms with Crippen molar-refractivity contribution in [2.45, 2.75) is 64.6 Å². The number of hydrogen-bond donors (Lipinski definition) is 2. The Kier molecular flexibility index (Phi) is 7.11. The molecule has 1 saturated heterocycles. The van der Waals surface area contributed by atoms with E-state index < -0.39 is 0 Å². The molecule has 7 nitrogen and oxygen atoms in total. The van der Waals surface area contributed by atoms with Crippen molar-refractivity contribution in [3.05, 3.63) is 30.1 Å². The van der Waals surface area contributed by atoms with Crippen LogP contribution in [0.4, 0.5) is 4.79 Å². The van der Waals surface area contributed by atoms with Gasteiger partial charge in [0.05, 0.1) is 18.3 Å². The summed E-state index contributed by atoms with van der Waals surface area (Å²) in [7, 11) is 0. The molecule has 0 aromatic carbocycles. The minimum absolute atomic E-state index is 0.0193. The third-order valence-electron chi connectivity index (χ3n) is 5.76. The van der Waals surface area contributed by atoms with Gasteiger partial charge in [-0.2, -0.15) is 0 Å². The molecule has 7 heteroatoms. The Morgan fingerprint density at radius 3 is 2.41 bits per heavy atom. The molecular weight excluding hydrogens is 366 g/mol. The number of pyridine rings is 1. The van der Waals surface area contributed by atoms with Gasteiger partial charge < -0.3 is 15.5 Å². The van der Waals surface area contributed by atoms with Crippen LogP contribution in [-0.2, 0) is 11.3 Å². The van der Waals surface area contributed by atoms with Gasteiger partial charge in [-0.25, -0.2) is 4.79 Å². The molecule has 3 amide bonds. The summed E-state index contributed by atoms with van der Waals surface area (Å²) in [5.74, 6) is 0.490. The van der Waals surface area contributed by atoms with E-state index in [2.05, 4.69) is 20.5 Å². The molecule has 29 heavy (non-hydrogen) atoms. The maximum Gasteiger partial charge on any atom is 0.317 e. The normalized spacial score (nSPS) is 19.8. The predicted molar refractivity (Wildman–Crippen MR) is 113 cm³/mol. The first-order chi connectivity index (χ1) is 13.8. The summed E-state index contributed by atoms with van der Waals surface area (Å²) in [5.41, 5.74) is 0.626. The van der Waals surface area contributed by atoms with Crippen LogP contribution in [0.5, 0.6) is 0 Å². The van der Waals surface area contributed by atoms with Gasteiger partial charge in [-0.1, -0.05) is 18.9 Å². The van der Waals surface area contributed by atoms with Crippen LogP contribution in [0.2, 0.25) is 0 Å². The molecule has 1 aliphatic heterocycles. The first-order valence-corrected chi connectivity index (χ1v) is 10.8. The summed E-state index contributed by atoms with van der Waals surface area (Å²) >= 11 is 0. The molecule has 1 aliphatic carbocycles. The molecule has 0 unspecified atom stereocenters. The van der Waals surface area contributed by atoms with E-state index in [-0.39, 0.29) is 23.5 Å². The Hall–Kier alpha value is -2.15. The Balaban J connectivity index is 1.59. The topological polar surface area (TPSA) is 77.6 Å². The lowest BCUT2D eigenvalue weighted by Crippen LogP contribution is -2.60. The molecule has 2 heterocycles. The molecule has 2 aliphatic rings. The maximum absolute atomic E-state index is 13.1. The van der Waals surface area contributed by atoms with Gasteiger partial charge >= 0.3 is 6.03 Å². The largest absolute Gasteiger partial charge is 0.349 e. The van der Waals surface area contributed by atoms with Gasteiger partial charge in [0.1, 0.15) is 0 Å². The van der Waals surface area contributed by atoms with E-state index in [1.54, 1.807) is 6.20 Å². The van der Waals surface area contributed by atoms with E-state index in [0.717, 1.165) is 31.6 Å². The number of hydrogen-bond acceptors (Lipinski definition) is 4. The fourth-order valence-electron chi connectivity index (χ4n) is 4.34. The highest BCUT2D eigenvalue weighted by atomic mass is 16.2. The SMILES string of the molecule is CC(C)(C)NC(=O)N1CCN([C@H](C(=O)NCc2ccccn2)C2CCCC2)CC1. The molecule has 1 aromatic heterocycles. The molecule has 3 rings (SSSR count). The van der Waals surface area contributed by atoms with Crippen molar-refractivity contribution < 1.29 is 9.59 Å². The first-order valence-electron chi connectivity index (χ1n) is 10.8. The lowest BCUT2D eigenvalue weighted by Gasteiger charge is -2.41. The number of carbonyl (C=O) groups excluding carboxylic acids is 2. The van der Waals surface area contributed by atoms with Crippen molar-refractivity contribution in [2.75, 3.05) is 26.2 Å². The molecule has 0 bridgehead atoms. The van der Waals surface area contributed by atoms with E-state index >= 15 is 0 Å². The minimum atomic E-state index is -0.244. The van der Waals surface area contributed by atoms with Crippen LogP contribution >= 0.6 is 0 Å². The monoisotopic (exact) mass is 401 g/mol. The van der Waals surface area contributed by atoms with Crippen molar-refractivity contribution >= 4 is 11.9 Å². The van der Waals surface area contributed by atoms with Crippen molar-refractivity contribution in [3.63, 3.8) is 0 Å². The number of aromatic nitrogens is 1. The van der Waals surface area contributed by atoms with Gasteiger partial charge in [0.15, 0.2) is 0 Å². The van der Waals surface area contributed by atoms with E-state index in [1.807, 2.05) is 43.9 Å². The number of rotatable bonds is 5. The van der Waals surface area contributed by atoms with Crippen molar-refractivity contribution in [3.8, 4) is 0 Å². The molecule has 0 radical (unpaired) electrons. The minimum Gasteiger partial charge on any atom is -0.349 e. The summed E-state index contributed by atoms with van der Waals surface area (Å²) in [5, 5.41) is 6.13. The Labute approximate surface area is 174 Å². The molecule has 2 fully saturated rings. The average molecular weight is 402 g/mol. The Morgan fingerprint density at radius 1 is 1.14 bits per heavy atom.